The van der Waals surface area contributed by atoms with Crippen LogP contribution in [0.1, 0.15) is 25.1 Å². The summed E-state index contributed by atoms with van der Waals surface area (Å²) in [5, 5.41) is 21.0. The van der Waals surface area contributed by atoms with E-state index in [0.29, 0.717) is 11.4 Å². The second-order valence-corrected chi connectivity index (χ2v) is 4.53. The molecule has 1 aromatic heterocycles. The SMILES string of the molecule is Cc1ccc(C#N)c(NCC(C(=O)O)C(C)C)n1. The van der Waals surface area contributed by atoms with Crippen LogP contribution in [0.25, 0.3) is 0 Å². The lowest BCUT2D eigenvalue weighted by molar-refractivity contribution is -0.142. The molecule has 0 aliphatic carbocycles. The number of carboxylic acids is 1. The standard InChI is InChI=1S/C13H17N3O2/c1-8(2)11(13(17)18)7-15-12-10(6-14)5-4-9(3)16-12/h4-5,8,11H,7H2,1-3H3,(H,15,16)(H,17,18). The highest BCUT2D eigenvalue weighted by atomic mass is 16.4. The Hall–Kier alpha value is -2.09. The van der Waals surface area contributed by atoms with Gasteiger partial charge in [-0.3, -0.25) is 4.79 Å². The van der Waals surface area contributed by atoms with Crippen LogP contribution in [-0.4, -0.2) is 22.6 Å². The first kappa shape index (κ1) is 14.0. The number of carbonyl (C=O) groups is 1. The van der Waals surface area contributed by atoms with E-state index in [4.69, 9.17) is 10.4 Å². The quantitative estimate of drug-likeness (QED) is 0.831. The maximum atomic E-state index is 11.1. The molecule has 1 aromatic rings. The highest BCUT2D eigenvalue weighted by molar-refractivity contribution is 5.71. The van der Waals surface area contributed by atoms with E-state index >= 15 is 0 Å². The van der Waals surface area contributed by atoms with E-state index in [-0.39, 0.29) is 12.5 Å². The third-order valence-electron chi connectivity index (χ3n) is 2.77. The smallest absolute Gasteiger partial charge is 0.308 e. The summed E-state index contributed by atoms with van der Waals surface area (Å²) in [4.78, 5) is 15.3. The van der Waals surface area contributed by atoms with E-state index in [9.17, 15) is 4.79 Å². The fraction of sp³-hybridized carbons (Fsp3) is 0.462. The van der Waals surface area contributed by atoms with Gasteiger partial charge in [-0.15, -0.1) is 0 Å². The Kier molecular flexibility index (Phi) is 4.67. The van der Waals surface area contributed by atoms with Crippen LogP contribution < -0.4 is 5.32 Å². The molecule has 2 N–H and O–H groups in total. The first-order chi connectivity index (χ1) is 8.45. The van der Waals surface area contributed by atoms with Crippen molar-refractivity contribution in [2.45, 2.75) is 20.8 Å². The number of nitrogens with zero attached hydrogens (tertiary/aromatic N) is 2. The maximum Gasteiger partial charge on any atom is 0.308 e. The van der Waals surface area contributed by atoms with Crippen LogP contribution in [0.4, 0.5) is 5.82 Å². The van der Waals surface area contributed by atoms with E-state index in [2.05, 4.69) is 10.3 Å². The van der Waals surface area contributed by atoms with Gasteiger partial charge in [-0.05, 0) is 25.0 Å². The van der Waals surface area contributed by atoms with Gasteiger partial charge in [0.2, 0.25) is 0 Å². The molecule has 0 bridgehead atoms. The fourth-order valence-corrected chi connectivity index (χ4v) is 1.60. The van der Waals surface area contributed by atoms with Gasteiger partial charge in [0, 0.05) is 12.2 Å². The van der Waals surface area contributed by atoms with Gasteiger partial charge in [-0.1, -0.05) is 13.8 Å². The van der Waals surface area contributed by atoms with Crippen molar-refractivity contribution in [2.24, 2.45) is 11.8 Å². The summed E-state index contributed by atoms with van der Waals surface area (Å²) in [5.74, 6) is -0.878. The van der Waals surface area contributed by atoms with Crippen LogP contribution >= 0.6 is 0 Å². The molecule has 1 unspecified atom stereocenters. The van der Waals surface area contributed by atoms with Crippen molar-refractivity contribution in [3.63, 3.8) is 0 Å². The third-order valence-corrected chi connectivity index (χ3v) is 2.77. The van der Waals surface area contributed by atoms with Gasteiger partial charge < -0.3 is 10.4 Å². The van der Waals surface area contributed by atoms with Crippen LogP contribution in [0.2, 0.25) is 0 Å². The molecule has 0 saturated heterocycles. The molecule has 0 saturated carbocycles. The minimum Gasteiger partial charge on any atom is -0.481 e. The average molecular weight is 247 g/mol. The molecule has 0 aliphatic rings. The third kappa shape index (κ3) is 3.45. The van der Waals surface area contributed by atoms with Crippen LogP contribution in [0, 0.1) is 30.1 Å². The Labute approximate surface area is 106 Å². The Balaban J connectivity index is 2.82. The molecule has 5 heteroatoms. The van der Waals surface area contributed by atoms with Crippen molar-refractivity contribution in [1.29, 1.82) is 5.26 Å². The first-order valence-electron chi connectivity index (χ1n) is 5.80. The van der Waals surface area contributed by atoms with Gasteiger partial charge in [0.05, 0.1) is 11.5 Å². The number of hydrogen-bond donors (Lipinski definition) is 2. The molecule has 1 atom stereocenters. The number of nitriles is 1. The minimum absolute atomic E-state index is 0.0188. The van der Waals surface area contributed by atoms with Gasteiger partial charge in [0.1, 0.15) is 11.9 Å². The van der Waals surface area contributed by atoms with Crippen molar-refractivity contribution >= 4 is 11.8 Å². The maximum absolute atomic E-state index is 11.1. The number of hydrogen-bond acceptors (Lipinski definition) is 4. The van der Waals surface area contributed by atoms with E-state index in [1.807, 2.05) is 26.8 Å². The molecule has 1 heterocycles. The molecule has 0 amide bonds. The zero-order valence-corrected chi connectivity index (χ0v) is 10.8. The number of aryl methyl sites for hydroxylation is 1. The normalized spacial score (nSPS) is 11.9. The topological polar surface area (TPSA) is 86.0 Å². The molecule has 0 aliphatic heterocycles. The first-order valence-corrected chi connectivity index (χ1v) is 5.80. The summed E-state index contributed by atoms with van der Waals surface area (Å²) in [7, 11) is 0. The van der Waals surface area contributed by atoms with E-state index in [1.54, 1.807) is 12.1 Å². The second kappa shape index (κ2) is 6.01. The number of carboxylic acid groups (broad SMARTS) is 1. The van der Waals surface area contributed by atoms with Crippen molar-refractivity contribution in [1.82, 2.24) is 4.98 Å². The van der Waals surface area contributed by atoms with Crippen LogP contribution in [0.15, 0.2) is 12.1 Å². The second-order valence-electron chi connectivity index (χ2n) is 4.53. The van der Waals surface area contributed by atoms with Gasteiger partial charge in [0.15, 0.2) is 0 Å². The van der Waals surface area contributed by atoms with Crippen LogP contribution in [-0.2, 0) is 4.79 Å². The van der Waals surface area contributed by atoms with Crippen molar-refractivity contribution < 1.29 is 9.90 Å². The summed E-state index contributed by atoms with van der Waals surface area (Å²) in [6.07, 6.45) is 0. The zero-order valence-electron chi connectivity index (χ0n) is 10.8. The number of aromatic nitrogens is 1. The molecule has 0 radical (unpaired) electrons. The lowest BCUT2D eigenvalue weighted by Gasteiger charge is -2.17. The zero-order chi connectivity index (χ0) is 13.7. The van der Waals surface area contributed by atoms with E-state index in [0.717, 1.165) is 5.69 Å². The Morgan fingerprint density at radius 3 is 2.72 bits per heavy atom. The number of anilines is 1. The van der Waals surface area contributed by atoms with Crippen molar-refractivity contribution in [3.05, 3.63) is 23.4 Å². The molecule has 0 spiro atoms. The number of pyridine rings is 1. The lowest BCUT2D eigenvalue weighted by atomic mass is 9.96. The van der Waals surface area contributed by atoms with Crippen molar-refractivity contribution in [2.75, 3.05) is 11.9 Å². The molecule has 0 aromatic carbocycles. The summed E-state index contributed by atoms with van der Waals surface area (Å²) in [6, 6.07) is 5.46. The molecular weight excluding hydrogens is 230 g/mol. The Morgan fingerprint density at radius 1 is 1.56 bits per heavy atom. The molecule has 96 valence electrons. The summed E-state index contributed by atoms with van der Waals surface area (Å²) in [5.41, 5.74) is 1.21. The molecule has 5 nitrogen and oxygen atoms in total. The molecule has 0 fully saturated rings. The number of rotatable bonds is 5. The fourth-order valence-electron chi connectivity index (χ4n) is 1.60. The summed E-state index contributed by atoms with van der Waals surface area (Å²) >= 11 is 0. The number of nitrogens with one attached hydrogen (secondary N) is 1. The number of aliphatic carboxylic acids is 1. The predicted octanol–water partition coefficient (Wildman–Crippen LogP) is 2.03. The summed E-state index contributed by atoms with van der Waals surface area (Å²) < 4.78 is 0. The van der Waals surface area contributed by atoms with Crippen molar-refractivity contribution in [3.8, 4) is 6.07 Å². The highest BCUT2D eigenvalue weighted by Crippen LogP contribution is 2.16. The van der Waals surface area contributed by atoms with E-state index < -0.39 is 11.9 Å². The highest BCUT2D eigenvalue weighted by Gasteiger charge is 2.21. The van der Waals surface area contributed by atoms with E-state index in [1.165, 1.54) is 0 Å². The molecule has 1 rings (SSSR count). The van der Waals surface area contributed by atoms with Crippen LogP contribution in [0.5, 0.6) is 0 Å². The van der Waals surface area contributed by atoms with Gasteiger partial charge >= 0.3 is 5.97 Å². The van der Waals surface area contributed by atoms with Gasteiger partial charge in [0.25, 0.3) is 0 Å². The molecule has 18 heavy (non-hydrogen) atoms. The van der Waals surface area contributed by atoms with Gasteiger partial charge in [-0.25, -0.2) is 4.98 Å². The lowest BCUT2D eigenvalue weighted by Crippen LogP contribution is -2.28. The minimum atomic E-state index is -0.844. The Morgan fingerprint density at radius 2 is 2.22 bits per heavy atom. The predicted molar refractivity (Wildman–Crippen MR) is 68.1 cm³/mol. The largest absolute Gasteiger partial charge is 0.481 e. The molecular formula is C13H17N3O2. The summed E-state index contributed by atoms with van der Waals surface area (Å²) in [6.45, 7) is 5.80. The van der Waals surface area contributed by atoms with Gasteiger partial charge in [-0.2, -0.15) is 5.26 Å². The monoisotopic (exact) mass is 247 g/mol. The van der Waals surface area contributed by atoms with Crippen LogP contribution in [0.3, 0.4) is 0 Å². The Bertz CT molecular complexity index is 478. The average Bonchev–Trinajstić information content (AvgIpc) is 2.28.